The summed E-state index contributed by atoms with van der Waals surface area (Å²) in [4.78, 5) is 0. The zero-order valence-corrected chi connectivity index (χ0v) is 5.77. The van der Waals surface area contributed by atoms with Crippen LogP contribution < -0.4 is 0 Å². The third kappa shape index (κ3) is 2.38. The van der Waals surface area contributed by atoms with Gasteiger partial charge in [-0.25, -0.2) is 8.78 Å². The van der Waals surface area contributed by atoms with Gasteiger partial charge in [-0.3, -0.25) is 0 Å². The second-order valence-corrected chi connectivity index (χ2v) is 1.94. The molecule has 0 spiro atoms. The first-order valence-electron chi connectivity index (χ1n) is 3.13. The van der Waals surface area contributed by atoms with Crippen molar-refractivity contribution in [2.24, 2.45) is 0 Å². The van der Waals surface area contributed by atoms with Gasteiger partial charge in [-0.1, -0.05) is 11.8 Å². The van der Waals surface area contributed by atoms with E-state index >= 15 is 0 Å². The summed E-state index contributed by atoms with van der Waals surface area (Å²) in [6, 6.07) is 5.61. The van der Waals surface area contributed by atoms with Gasteiger partial charge >= 0.3 is 0 Å². The van der Waals surface area contributed by atoms with Crippen LogP contribution in [0.15, 0.2) is 24.3 Å². The molecule has 0 bridgehead atoms. The Morgan fingerprint density at radius 3 is 2.36 bits per heavy atom. The Kier molecular flexibility index (Phi) is 2.62. The molecule has 0 saturated heterocycles. The second kappa shape index (κ2) is 3.72. The average Bonchev–Trinajstić information content (AvgIpc) is 2.04. The van der Waals surface area contributed by atoms with E-state index in [1.165, 1.54) is 24.3 Å². The van der Waals surface area contributed by atoms with E-state index in [-0.39, 0.29) is 5.82 Å². The summed E-state index contributed by atoms with van der Waals surface area (Å²) in [6.07, 6.45) is 0. The minimum atomic E-state index is -0.669. The minimum absolute atomic E-state index is 0.309. The first-order valence-corrected chi connectivity index (χ1v) is 3.13. The van der Waals surface area contributed by atoms with Crippen LogP contribution in [0.2, 0.25) is 0 Å². The molecule has 11 heavy (non-hydrogen) atoms. The first-order chi connectivity index (χ1) is 5.33. The number of benzene rings is 1. The van der Waals surface area contributed by atoms with Crippen LogP contribution in [0.3, 0.4) is 0 Å². The van der Waals surface area contributed by atoms with E-state index < -0.39 is 6.67 Å². The van der Waals surface area contributed by atoms with Gasteiger partial charge in [-0.05, 0) is 24.3 Å². The molecule has 2 heteroatoms. The Morgan fingerprint density at radius 1 is 1.18 bits per heavy atom. The van der Waals surface area contributed by atoms with Crippen LogP contribution in [0.5, 0.6) is 0 Å². The van der Waals surface area contributed by atoms with Crippen molar-refractivity contribution >= 4 is 0 Å². The molecule has 0 amide bonds. The molecule has 0 radical (unpaired) electrons. The van der Waals surface area contributed by atoms with Crippen molar-refractivity contribution < 1.29 is 8.78 Å². The quantitative estimate of drug-likeness (QED) is 0.499. The lowest BCUT2D eigenvalue weighted by atomic mass is 10.2. The first kappa shape index (κ1) is 7.74. The van der Waals surface area contributed by atoms with Gasteiger partial charge in [0.25, 0.3) is 0 Å². The number of rotatable bonds is 0. The van der Waals surface area contributed by atoms with E-state index in [0.29, 0.717) is 5.56 Å². The molecule has 0 aliphatic carbocycles. The van der Waals surface area contributed by atoms with E-state index in [9.17, 15) is 8.78 Å². The molecule has 0 nitrogen and oxygen atoms in total. The summed E-state index contributed by atoms with van der Waals surface area (Å²) in [6.45, 7) is -0.669. The minimum Gasteiger partial charge on any atom is -0.237 e. The number of alkyl halides is 1. The zero-order valence-electron chi connectivity index (χ0n) is 5.77. The second-order valence-electron chi connectivity index (χ2n) is 1.94. The van der Waals surface area contributed by atoms with Gasteiger partial charge in [0.1, 0.15) is 5.82 Å². The highest BCUT2D eigenvalue weighted by atomic mass is 19.1. The third-order valence-corrected chi connectivity index (χ3v) is 1.14. The van der Waals surface area contributed by atoms with Crippen molar-refractivity contribution in [2.45, 2.75) is 0 Å². The van der Waals surface area contributed by atoms with E-state index in [1.807, 2.05) is 0 Å². The molecule has 0 heterocycles. The summed E-state index contributed by atoms with van der Waals surface area (Å²) >= 11 is 0. The van der Waals surface area contributed by atoms with E-state index in [4.69, 9.17) is 0 Å². The van der Waals surface area contributed by atoms with Gasteiger partial charge in [-0.2, -0.15) is 0 Å². The van der Waals surface area contributed by atoms with Crippen molar-refractivity contribution in [3.05, 3.63) is 35.6 Å². The molecular formula is C9H6F2. The summed E-state index contributed by atoms with van der Waals surface area (Å²) in [5.41, 5.74) is 0.629. The number of hydrogen-bond acceptors (Lipinski definition) is 0. The lowest BCUT2D eigenvalue weighted by molar-refractivity contribution is 0.573. The molecule has 0 N–H and O–H groups in total. The van der Waals surface area contributed by atoms with Crippen LogP contribution in [-0.2, 0) is 0 Å². The van der Waals surface area contributed by atoms with Gasteiger partial charge in [-0.15, -0.1) is 0 Å². The standard InChI is InChI=1S/C9H6F2/c10-7-1-2-8-3-5-9(11)6-4-8/h3-6H,7H2. The molecule has 0 aliphatic rings. The van der Waals surface area contributed by atoms with Gasteiger partial charge in [0.2, 0.25) is 0 Å². The van der Waals surface area contributed by atoms with E-state index in [2.05, 4.69) is 11.8 Å². The molecule has 1 aromatic rings. The van der Waals surface area contributed by atoms with E-state index in [0.717, 1.165) is 0 Å². The van der Waals surface area contributed by atoms with Crippen LogP contribution in [-0.4, -0.2) is 6.67 Å². The zero-order chi connectivity index (χ0) is 8.10. The average molecular weight is 152 g/mol. The Hall–Kier alpha value is -1.36. The van der Waals surface area contributed by atoms with Crippen LogP contribution in [0.4, 0.5) is 8.78 Å². The van der Waals surface area contributed by atoms with Crippen molar-refractivity contribution in [2.75, 3.05) is 6.67 Å². The lowest BCUT2D eigenvalue weighted by Gasteiger charge is -1.87. The molecule has 0 atom stereocenters. The molecule has 0 aromatic heterocycles. The predicted molar refractivity (Wildman–Crippen MR) is 39.3 cm³/mol. The molecule has 0 fully saturated rings. The van der Waals surface area contributed by atoms with Crippen molar-refractivity contribution in [1.82, 2.24) is 0 Å². The Balaban J connectivity index is 2.82. The smallest absolute Gasteiger partial charge is 0.150 e. The molecule has 0 aliphatic heterocycles. The van der Waals surface area contributed by atoms with E-state index in [1.54, 1.807) is 0 Å². The van der Waals surface area contributed by atoms with Crippen LogP contribution >= 0.6 is 0 Å². The van der Waals surface area contributed by atoms with Crippen LogP contribution in [0.25, 0.3) is 0 Å². The molecule has 0 unspecified atom stereocenters. The summed E-state index contributed by atoms with van der Waals surface area (Å²) < 4.78 is 23.8. The maximum Gasteiger partial charge on any atom is 0.150 e. The fourth-order valence-electron chi connectivity index (χ4n) is 0.669. The summed E-state index contributed by atoms with van der Waals surface area (Å²) in [5, 5.41) is 0. The molecule has 1 rings (SSSR count). The number of halogens is 2. The Labute approximate surface area is 63.9 Å². The Bertz CT molecular complexity index is 277. The highest BCUT2D eigenvalue weighted by Crippen LogP contribution is 2.00. The lowest BCUT2D eigenvalue weighted by Crippen LogP contribution is -1.75. The highest BCUT2D eigenvalue weighted by molar-refractivity contribution is 5.33. The van der Waals surface area contributed by atoms with Crippen LogP contribution in [0, 0.1) is 17.7 Å². The fourth-order valence-corrected chi connectivity index (χ4v) is 0.669. The van der Waals surface area contributed by atoms with Gasteiger partial charge in [0.15, 0.2) is 6.67 Å². The topological polar surface area (TPSA) is 0 Å². The highest BCUT2D eigenvalue weighted by Gasteiger charge is 1.87. The maximum absolute atomic E-state index is 12.3. The van der Waals surface area contributed by atoms with Crippen LogP contribution in [0.1, 0.15) is 5.56 Å². The monoisotopic (exact) mass is 152 g/mol. The van der Waals surface area contributed by atoms with Gasteiger partial charge in [0, 0.05) is 5.56 Å². The fraction of sp³-hybridized carbons (Fsp3) is 0.111. The van der Waals surface area contributed by atoms with Crippen molar-refractivity contribution in [3.8, 4) is 11.8 Å². The SMILES string of the molecule is FCC#Cc1ccc(F)cc1. The summed E-state index contributed by atoms with van der Waals surface area (Å²) in [7, 11) is 0. The summed E-state index contributed by atoms with van der Waals surface area (Å²) in [5.74, 6) is 4.47. The largest absolute Gasteiger partial charge is 0.237 e. The Morgan fingerprint density at radius 2 is 1.82 bits per heavy atom. The predicted octanol–water partition coefficient (Wildman–Crippen LogP) is 2.15. The third-order valence-electron chi connectivity index (χ3n) is 1.14. The van der Waals surface area contributed by atoms with Crippen molar-refractivity contribution in [3.63, 3.8) is 0 Å². The van der Waals surface area contributed by atoms with Gasteiger partial charge in [0.05, 0.1) is 0 Å². The normalized spacial score (nSPS) is 8.55. The molecule has 1 aromatic carbocycles. The maximum atomic E-state index is 12.3. The molecule has 0 saturated carbocycles. The van der Waals surface area contributed by atoms with Gasteiger partial charge < -0.3 is 0 Å². The van der Waals surface area contributed by atoms with Crippen molar-refractivity contribution in [1.29, 1.82) is 0 Å². The molecular weight excluding hydrogens is 146 g/mol. The number of hydrogen-bond donors (Lipinski definition) is 0. The molecule has 56 valence electrons.